The summed E-state index contributed by atoms with van der Waals surface area (Å²) < 4.78 is 51.7. The molecule has 0 aliphatic carbocycles. The highest BCUT2D eigenvalue weighted by Gasteiger charge is 2.41. The zero-order valence-electron chi connectivity index (χ0n) is 48.8. The van der Waals surface area contributed by atoms with Crippen molar-refractivity contribution in [3.05, 3.63) is 97.1 Å². The Morgan fingerprint density at radius 2 is 0.649 bits per heavy atom. The molecule has 0 aliphatic rings. The van der Waals surface area contributed by atoms with Gasteiger partial charge in [-0.1, -0.05) is 333 Å². The van der Waals surface area contributed by atoms with Crippen LogP contribution in [0.4, 0.5) is 13.2 Å². The average Bonchev–Trinajstić information content (AvgIpc) is 3.41. The molecule has 10 heteroatoms. The van der Waals surface area contributed by atoms with Crippen LogP contribution in [0.15, 0.2) is 97.1 Å². The van der Waals surface area contributed by atoms with Gasteiger partial charge >= 0.3 is 6.36 Å². The standard InChI is InChI=1S/C64H104F3NOP2Si3/c1-12-21-46-72(47-22-13-2,48-23-14-3)59-40-34-56(35-41-59)70(57-36-42-60(43-37-57)73(49-24-15-4,50-25-16-5)51-26-17-6)68(55(10)11)71(63-33-31-30-32-62(63)69-64(65,66)67)58-38-44-61(45-39-58)74(52-27-18-7,53-28-19-8)54-29-20-9/h30-45,55H,12-29,46-54H2,1-11H3. The summed E-state index contributed by atoms with van der Waals surface area (Å²) in [5.41, 5.74) is 0. The number of benzene rings is 4. The lowest BCUT2D eigenvalue weighted by Crippen LogP contribution is -2.48. The fraction of sp³-hybridized carbons (Fsp3) is 0.625. The minimum atomic E-state index is -4.82. The Balaban J connectivity index is 2.12. The third kappa shape index (κ3) is 18.3. The lowest BCUT2D eigenvalue weighted by Gasteiger charge is -2.42. The van der Waals surface area contributed by atoms with Gasteiger partial charge in [0.05, 0.1) is 24.2 Å². The minimum Gasteiger partial charge on any atom is -0.405 e. The minimum absolute atomic E-state index is 0.00317. The van der Waals surface area contributed by atoms with E-state index in [2.05, 4.69) is 153 Å². The Morgan fingerprint density at radius 3 is 0.892 bits per heavy atom. The molecule has 1 unspecified atom stereocenters. The maximum absolute atomic E-state index is 14.6. The molecule has 0 amide bonds. The molecule has 0 bridgehead atoms. The van der Waals surface area contributed by atoms with Crippen LogP contribution in [-0.4, -0.2) is 41.1 Å². The van der Waals surface area contributed by atoms with Gasteiger partial charge < -0.3 is 4.74 Å². The van der Waals surface area contributed by atoms with Crippen molar-refractivity contribution in [2.24, 2.45) is 0 Å². The zero-order valence-corrected chi connectivity index (χ0v) is 53.6. The summed E-state index contributed by atoms with van der Waals surface area (Å²) in [5, 5.41) is 9.01. The third-order valence-electron chi connectivity index (χ3n) is 16.4. The van der Waals surface area contributed by atoms with Crippen LogP contribution in [0, 0.1) is 0 Å². The van der Waals surface area contributed by atoms with Crippen molar-refractivity contribution in [3.8, 4) is 5.75 Å². The first-order valence-corrected chi connectivity index (χ1v) is 40.7. The Kier molecular flexibility index (Phi) is 29.1. The molecular weight excluding hydrogens is 1000 g/mol. The number of hydrogen-bond donors (Lipinski definition) is 0. The molecule has 1 atom stereocenters. The quantitative estimate of drug-likeness (QED) is 0.0328. The Morgan fingerprint density at radius 1 is 0.392 bits per heavy atom. The molecule has 4 rings (SSSR count). The van der Waals surface area contributed by atoms with Crippen molar-refractivity contribution in [3.63, 3.8) is 0 Å². The number of rotatable bonds is 38. The molecule has 4 aromatic rings. The number of ether oxygens (including phenoxy) is 1. The molecule has 0 radical (unpaired) electrons. The summed E-state index contributed by atoms with van der Waals surface area (Å²) in [6, 6.07) is 48.7. The summed E-state index contributed by atoms with van der Waals surface area (Å²) in [5.74, 6) is -0.0869. The molecule has 0 aromatic heterocycles. The normalized spacial score (nSPS) is 13.1. The second-order valence-corrected chi connectivity index (χ2v) is 40.8. The van der Waals surface area contributed by atoms with Gasteiger partial charge in [0.15, 0.2) is 0 Å². The molecule has 0 N–H and O–H groups in total. The molecule has 414 valence electrons. The number of hydrogen-bond acceptors (Lipinski definition) is 2. The highest BCUT2D eigenvalue weighted by molar-refractivity contribution is 7.84. The second kappa shape index (κ2) is 33.4. The topological polar surface area (TPSA) is 12.5 Å². The summed E-state index contributed by atoms with van der Waals surface area (Å²) in [6.07, 6.45) is 17.5. The molecule has 74 heavy (non-hydrogen) atoms. The van der Waals surface area contributed by atoms with Crippen molar-refractivity contribution in [2.45, 2.75) is 259 Å². The first-order valence-electron chi connectivity index (χ1n) is 30.3. The molecule has 0 heterocycles. The Hall–Kier alpha value is -2.06. The van der Waals surface area contributed by atoms with Gasteiger partial charge in [-0.25, -0.2) is 4.44 Å². The first-order chi connectivity index (χ1) is 35.7. The Labute approximate surface area is 458 Å². The molecule has 0 fully saturated rings. The second-order valence-electron chi connectivity index (χ2n) is 22.5. The molecule has 0 spiro atoms. The molecule has 4 aromatic carbocycles. The van der Waals surface area contributed by atoms with Gasteiger partial charge in [0.1, 0.15) is 5.75 Å². The van der Waals surface area contributed by atoms with Crippen LogP contribution in [0.25, 0.3) is 0 Å². The van der Waals surface area contributed by atoms with Gasteiger partial charge in [-0.05, 0) is 41.9 Å². The van der Waals surface area contributed by atoms with Gasteiger partial charge in [0.2, 0.25) is 0 Å². The third-order valence-corrected chi connectivity index (χ3v) is 38.9. The zero-order chi connectivity index (χ0) is 54.0. The number of unbranched alkanes of at least 4 members (excludes halogenated alkanes) is 9. The lowest BCUT2D eigenvalue weighted by atomic mass is 10.3. The number of halogens is 3. The largest absolute Gasteiger partial charge is 0.573 e. The van der Waals surface area contributed by atoms with E-state index in [1.54, 1.807) is 22.5 Å². The fourth-order valence-corrected chi connectivity index (χ4v) is 35.0. The average molecular weight is 1110 g/mol. The van der Waals surface area contributed by atoms with E-state index in [0.717, 1.165) is 5.30 Å². The van der Waals surface area contributed by atoms with E-state index in [-0.39, 0.29) is 11.8 Å². The van der Waals surface area contributed by atoms with Gasteiger partial charge in [0.25, 0.3) is 0 Å². The van der Waals surface area contributed by atoms with Crippen LogP contribution in [-0.2, 0) is 0 Å². The molecule has 2 nitrogen and oxygen atoms in total. The summed E-state index contributed by atoms with van der Waals surface area (Å²) in [6.45, 7) is 25.6. The van der Waals surface area contributed by atoms with Crippen LogP contribution in [0.2, 0.25) is 54.4 Å². The van der Waals surface area contributed by atoms with Gasteiger partial charge in [-0.15, -0.1) is 13.2 Å². The van der Waals surface area contributed by atoms with E-state index in [1.807, 2.05) is 12.1 Å². The predicted octanol–water partition coefficient (Wildman–Crippen LogP) is 18.9. The molecular formula is C64H104F3NOP2Si3. The number of alkyl halides is 3. The van der Waals surface area contributed by atoms with Crippen LogP contribution in [0.3, 0.4) is 0 Å². The smallest absolute Gasteiger partial charge is 0.405 e. The number of nitrogens with zero attached hydrogens (tertiary/aromatic N) is 1. The van der Waals surface area contributed by atoms with Crippen molar-refractivity contribution in [1.29, 1.82) is 0 Å². The van der Waals surface area contributed by atoms with E-state index >= 15 is 0 Å². The van der Waals surface area contributed by atoms with E-state index in [4.69, 9.17) is 4.74 Å². The van der Waals surface area contributed by atoms with Gasteiger partial charge in [-0.2, -0.15) is 0 Å². The van der Waals surface area contributed by atoms with Crippen molar-refractivity contribution < 1.29 is 17.9 Å². The Bertz CT molecular complexity index is 1980. The maximum atomic E-state index is 14.6. The van der Waals surface area contributed by atoms with E-state index < -0.39 is 46.7 Å². The van der Waals surface area contributed by atoms with E-state index in [0.29, 0.717) is 5.30 Å². The van der Waals surface area contributed by atoms with Gasteiger partial charge in [-0.3, -0.25) is 0 Å². The van der Waals surface area contributed by atoms with Crippen LogP contribution in [0.5, 0.6) is 5.75 Å². The molecule has 0 saturated carbocycles. The highest BCUT2D eigenvalue weighted by atomic mass is 31.2. The summed E-state index contributed by atoms with van der Waals surface area (Å²) in [7, 11) is -8.23. The van der Waals surface area contributed by atoms with E-state index in [9.17, 15) is 13.2 Å². The fourth-order valence-electron chi connectivity index (χ4n) is 12.1. The molecule has 0 saturated heterocycles. The molecule has 0 aliphatic heterocycles. The van der Waals surface area contributed by atoms with Crippen LogP contribution >= 0.6 is 16.1 Å². The highest BCUT2D eigenvalue weighted by Crippen LogP contribution is 2.57. The predicted molar refractivity (Wildman–Crippen MR) is 335 cm³/mol. The van der Waals surface area contributed by atoms with Gasteiger partial charge in [0, 0.05) is 27.5 Å². The van der Waals surface area contributed by atoms with Crippen molar-refractivity contribution in [1.82, 2.24) is 4.44 Å². The maximum Gasteiger partial charge on any atom is 0.573 e. The monoisotopic (exact) mass is 1110 g/mol. The first kappa shape index (κ1) is 64.5. The summed E-state index contributed by atoms with van der Waals surface area (Å²) >= 11 is 0. The SMILES string of the molecule is CCCC[Si](CCCC)(CCCC)c1ccc(P(c2ccc([Si](CCCC)(CCCC)CCCC)cc2)N(C(C)C)P(c2ccc([Si](CCCC)(CCCC)CCCC)cc2)c2ccccc2OC(F)(F)F)cc1. The lowest BCUT2D eigenvalue weighted by molar-refractivity contribution is -0.274. The van der Waals surface area contributed by atoms with Crippen LogP contribution in [0.1, 0.15) is 192 Å². The summed E-state index contributed by atoms with van der Waals surface area (Å²) in [4.78, 5) is 0. The van der Waals surface area contributed by atoms with Crippen molar-refractivity contribution in [2.75, 3.05) is 0 Å². The van der Waals surface area contributed by atoms with Crippen molar-refractivity contribution >= 4 is 77.1 Å². The van der Waals surface area contributed by atoms with E-state index in [1.165, 1.54) is 186 Å². The van der Waals surface area contributed by atoms with Crippen LogP contribution < -0.4 is 41.5 Å². The number of para-hydroxylation sites is 1.